The van der Waals surface area contributed by atoms with Crippen LogP contribution in [0.2, 0.25) is 5.02 Å². The van der Waals surface area contributed by atoms with E-state index in [2.05, 4.69) is 68.1 Å². The number of furan rings is 1. The van der Waals surface area contributed by atoms with Crippen LogP contribution in [0, 0.1) is 5.92 Å². The largest absolute Gasteiger partial charge is 0.467 e. The van der Waals surface area contributed by atoms with Gasteiger partial charge in [-0.15, -0.1) is 0 Å². The molecule has 190 valence electrons. The van der Waals surface area contributed by atoms with Crippen molar-refractivity contribution in [2.45, 2.75) is 38.4 Å². The molecule has 0 spiro atoms. The summed E-state index contributed by atoms with van der Waals surface area (Å²) in [4.78, 5) is 9.25. The molecule has 0 bridgehead atoms. The van der Waals surface area contributed by atoms with Crippen molar-refractivity contribution in [3.05, 3.63) is 101 Å². The Balaban J connectivity index is 1.38. The molecule has 6 rings (SSSR count). The smallest absolute Gasteiger partial charge is 0.174 e. The summed E-state index contributed by atoms with van der Waals surface area (Å²) in [5, 5.41) is 4.96. The van der Waals surface area contributed by atoms with E-state index in [1.54, 1.807) is 6.26 Å². The minimum Gasteiger partial charge on any atom is -0.467 e. The Bertz CT molecular complexity index is 1360. The van der Waals surface area contributed by atoms with Crippen molar-refractivity contribution in [3.8, 4) is 0 Å². The van der Waals surface area contributed by atoms with E-state index in [0.29, 0.717) is 11.7 Å². The van der Waals surface area contributed by atoms with Gasteiger partial charge >= 0.3 is 0 Å². The van der Waals surface area contributed by atoms with Crippen molar-refractivity contribution in [2.75, 3.05) is 22.9 Å². The van der Waals surface area contributed by atoms with Crippen LogP contribution in [0.1, 0.15) is 49.0 Å². The topological polar surface area (TPSA) is 49.5 Å². The second-order valence-corrected chi connectivity index (χ2v) is 10.7. The summed E-state index contributed by atoms with van der Waals surface area (Å²) in [6, 6.07) is 20.2. The van der Waals surface area contributed by atoms with Gasteiger partial charge in [-0.25, -0.2) is 0 Å². The lowest BCUT2D eigenvalue weighted by Gasteiger charge is -2.33. The zero-order chi connectivity index (χ0) is 25.4. The lowest BCUT2D eigenvalue weighted by molar-refractivity contribution is 0.438. The molecule has 2 aliphatic heterocycles. The molecule has 0 unspecified atom stereocenters. The molecular formula is C29H30ClN5OS. The monoisotopic (exact) mass is 531 g/mol. The molecule has 4 aromatic rings. The number of halogens is 1. The highest BCUT2D eigenvalue weighted by Gasteiger charge is 2.42. The van der Waals surface area contributed by atoms with Gasteiger partial charge in [0.1, 0.15) is 11.8 Å². The lowest BCUT2D eigenvalue weighted by Crippen LogP contribution is -2.33. The molecule has 0 radical (unpaired) electrons. The second-order valence-electron chi connectivity index (χ2n) is 9.94. The highest BCUT2D eigenvalue weighted by molar-refractivity contribution is 7.80. The van der Waals surface area contributed by atoms with E-state index in [1.165, 1.54) is 12.8 Å². The fourth-order valence-corrected chi connectivity index (χ4v) is 6.14. The minimum absolute atomic E-state index is 0.120. The van der Waals surface area contributed by atoms with E-state index in [-0.39, 0.29) is 12.1 Å². The SMILES string of the molecule is CC1CCN(c2ccc(N3C(=S)N[C@@H](c4ccccn4)[C@@H]3c3cccn3Cc3ccco3)cc2Cl)CC1. The predicted molar refractivity (Wildman–Crippen MR) is 152 cm³/mol. The first-order valence-corrected chi connectivity index (χ1v) is 13.6. The molecule has 8 heteroatoms. The van der Waals surface area contributed by atoms with Crippen LogP contribution in [0.15, 0.2) is 83.7 Å². The van der Waals surface area contributed by atoms with E-state index < -0.39 is 0 Å². The summed E-state index contributed by atoms with van der Waals surface area (Å²) < 4.78 is 7.87. The lowest BCUT2D eigenvalue weighted by atomic mass is 9.98. The average Bonchev–Trinajstić information content (AvgIpc) is 3.66. The molecule has 0 aliphatic carbocycles. The molecule has 5 heterocycles. The highest BCUT2D eigenvalue weighted by atomic mass is 35.5. The second kappa shape index (κ2) is 10.2. The summed E-state index contributed by atoms with van der Waals surface area (Å²) in [5.74, 6) is 1.67. The molecular weight excluding hydrogens is 502 g/mol. The molecule has 3 aromatic heterocycles. The number of hydrogen-bond donors (Lipinski definition) is 1. The first-order chi connectivity index (χ1) is 18.1. The standard InChI is InChI=1S/C29H30ClN5OS/c1-20-11-15-33(16-12-20)25-10-9-21(18-23(25)30)35-28(27(32-29(35)37)24-7-2-3-13-31-24)26-8-4-14-34(26)19-22-6-5-17-36-22/h2-10,13-14,17-18,20,27-28H,11-12,15-16,19H2,1H3,(H,32,37)/t27-,28-/m0/s1. The Morgan fingerprint density at radius 3 is 2.68 bits per heavy atom. The van der Waals surface area contributed by atoms with Crippen LogP contribution in [0.3, 0.4) is 0 Å². The summed E-state index contributed by atoms with van der Waals surface area (Å²) in [5.41, 5.74) is 4.11. The molecule has 1 N–H and O–H groups in total. The van der Waals surface area contributed by atoms with E-state index in [4.69, 9.17) is 28.2 Å². The number of rotatable bonds is 6. The van der Waals surface area contributed by atoms with Gasteiger partial charge in [-0.1, -0.05) is 24.6 Å². The highest BCUT2D eigenvalue weighted by Crippen LogP contribution is 2.43. The number of nitrogens with one attached hydrogen (secondary N) is 1. The van der Waals surface area contributed by atoms with Gasteiger partial charge in [0.25, 0.3) is 0 Å². The van der Waals surface area contributed by atoms with Gasteiger partial charge in [0.05, 0.1) is 35.3 Å². The number of piperidine rings is 1. The van der Waals surface area contributed by atoms with E-state index in [0.717, 1.165) is 52.6 Å². The molecule has 1 aromatic carbocycles. The zero-order valence-electron chi connectivity index (χ0n) is 20.8. The number of thiocarbonyl (C=S) groups is 1. The summed E-state index contributed by atoms with van der Waals surface area (Å²) >= 11 is 12.8. The Morgan fingerprint density at radius 1 is 1.08 bits per heavy atom. The first-order valence-electron chi connectivity index (χ1n) is 12.8. The van der Waals surface area contributed by atoms with E-state index >= 15 is 0 Å². The third kappa shape index (κ3) is 4.74. The van der Waals surface area contributed by atoms with Crippen LogP contribution in [0.4, 0.5) is 11.4 Å². The van der Waals surface area contributed by atoms with E-state index in [9.17, 15) is 0 Å². The third-order valence-corrected chi connectivity index (χ3v) is 8.12. The third-order valence-electron chi connectivity index (χ3n) is 7.51. The summed E-state index contributed by atoms with van der Waals surface area (Å²) in [6.07, 6.45) is 8.00. The van der Waals surface area contributed by atoms with Crippen molar-refractivity contribution < 1.29 is 4.42 Å². The van der Waals surface area contributed by atoms with Crippen molar-refractivity contribution in [3.63, 3.8) is 0 Å². The van der Waals surface area contributed by atoms with Gasteiger partial charge in [0.2, 0.25) is 0 Å². The maximum atomic E-state index is 6.92. The van der Waals surface area contributed by atoms with Crippen LogP contribution in [-0.4, -0.2) is 27.8 Å². The Labute approximate surface area is 227 Å². The van der Waals surface area contributed by atoms with Crippen molar-refractivity contribution >= 4 is 40.3 Å². The Kier molecular flexibility index (Phi) is 6.65. The maximum Gasteiger partial charge on any atom is 0.174 e. The molecule has 2 fully saturated rings. The fourth-order valence-electron chi connectivity index (χ4n) is 5.50. The molecule has 6 nitrogen and oxygen atoms in total. The van der Waals surface area contributed by atoms with Crippen LogP contribution in [0.5, 0.6) is 0 Å². The van der Waals surface area contributed by atoms with Crippen LogP contribution >= 0.6 is 23.8 Å². The Hall–Kier alpha value is -3.29. The molecule has 0 amide bonds. The predicted octanol–water partition coefficient (Wildman–Crippen LogP) is 6.59. The number of benzene rings is 1. The average molecular weight is 532 g/mol. The number of aromatic nitrogens is 2. The molecule has 0 saturated carbocycles. The number of nitrogens with zero attached hydrogens (tertiary/aromatic N) is 4. The maximum absolute atomic E-state index is 6.92. The van der Waals surface area contributed by atoms with Crippen LogP contribution in [-0.2, 0) is 6.54 Å². The van der Waals surface area contributed by atoms with Crippen molar-refractivity contribution in [1.82, 2.24) is 14.9 Å². The molecule has 2 atom stereocenters. The van der Waals surface area contributed by atoms with Gasteiger partial charge in [-0.05, 0) is 85.6 Å². The Morgan fingerprint density at radius 2 is 1.95 bits per heavy atom. The molecule has 37 heavy (non-hydrogen) atoms. The van der Waals surface area contributed by atoms with Crippen molar-refractivity contribution in [2.24, 2.45) is 5.92 Å². The molecule has 2 aliphatic rings. The van der Waals surface area contributed by atoms with Gasteiger partial charge in [0.15, 0.2) is 5.11 Å². The molecule has 2 saturated heterocycles. The van der Waals surface area contributed by atoms with Crippen LogP contribution < -0.4 is 15.1 Å². The van der Waals surface area contributed by atoms with Gasteiger partial charge in [-0.3, -0.25) is 4.98 Å². The fraction of sp³-hybridized carbons (Fsp3) is 0.310. The van der Waals surface area contributed by atoms with Crippen molar-refractivity contribution in [1.29, 1.82) is 0 Å². The van der Waals surface area contributed by atoms with Crippen LogP contribution in [0.25, 0.3) is 0 Å². The van der Waals surface area contributed by atoms with Gasteiger partial charge < -0.3 is 24.1 Å². The number of anilines is 2. The number of pyridine rings is 1. The van der Waals surface area contributed by atoms with Gasteiger partial charge in [-0.2, -0.15) is 0 Å². The van der Waals surface area contributed by atoms with E-state index in [1.807, 2.05) is 36.5 Å². The quantitative estimate of drug-likeness (QED) is 0.283. The summed E-state index contributed by atoms with van der Waals surface area (Å²) in [7, 11) is 0. The zero-order valence-corrected chi connectivity index (χ0v) is 22.3. The van der Waals surface area contributed by atoms with Gasteiger partial charge in [0, 0.05) is 36.9 Å². The first kappa shape index (κ1) is 24.1. The summed E-state index contributed by atoms with van der Waals surface area (Å²) in [6.45, 7) is 5.03. The normalized spacial score (nSPS) is 20.4. The number of hydrogen-bond acceptors (Lipinski definition) is 4. The minimum atomic E-state index is -0.124.